The number of nitrogens with one attached hydrogen (secondary N) is 1. The van der Waals surface area contributed by atoms with Gasteiger partial charge in [-0.15, -0.1) is 0 Å². The number of aromatic nitrogens is 3. The van der Waals surface area contributed by atoms with Crippen molar-refractivity contribution in [2.75, 3.05) is 11.9 Å². The number of nitrogens with zero attached hydrogens (tertiary/aromatic N) is 4. The minimum absolute atomic E-state index is 0.175. The fourth-order valence-electron chi connectivity index (χ4n) is 5.63. The van der Waals surface area contributed by atoms with E-state index in [1.54, 1.807) is 24.3 Å². The minimum atomic E-state index is -0.736. The SMILES string of the molecule is CCn1c(C)c(CC(=O)N[C@@H](Cc2ccccc2)C(=O)N(C)c2ccc3nccnc3c2)c2c(C)ccc(C)c21. The predicted molar refractivity (Wildman–Crippen MR) is 161 cm³/mol. The molecule has 0 aliphatic rings. The number of aryl methyl sites for hydroxylation is 3. The van der Waals surface area contributed by atoms with E-state index in [2.05, 4.69) is 59.7 Å². The quantitative estimate of drug-likeness (QED) is 0.287. The highest BCUT2D eigenvalue weighted by Crippen LogP contribution is 2.31. The normalized spacial score (nSPS) is 12.0. The second kappa shape index (κ2) is 11.3. The molecule has 2 amide bonds. The summed E-state index contributed by atoms with van der Waals surface area (Å²) in [6, 6.07) is 18.8. The number of likely N-dealkylation sites (N-methyl/N-ethyl adjacent to an activating group) is 1. The number of carbonyl (C=O) groups is 2. The Balaban J connectivity index is 1.45. The first-order chi connectivity index (χ1) is 19.3. The van der Waals surface area contributed by atoms with Crippen LogP contribution in [0.1, 0.15) is 34.9 Å². The number of fused-ring (bicyclic) bond motifs is 2. The summed E-state index contributed by atoms with van der Waals surface area (Å²) in [5.41, 5.74) is 8.76. The summed E-state index contributed by atoms with van der Waals surface area (Å²) < 4.78 is 2.28. The van der Waals surface area contributed by atoms with E-state index in [-0.39, 0.29) is 18.2 Å². The lowest BCUT2D eigenvalue weighted by Gasteiger charge is -2.25. The molecule has 0 saturated carbocycles. The standard InChI is InChI=1S/C33H35N5O2/c1-6-38-23(4)26(31-21(2)12-13-22(3)32(31)38)20-30(39)36-29(18-24-10-8-7-9-11-24)33(40)37(5)25-14-15-27-28(19-25)35-17-16-34-27/h7-17,19,29H,6,18,20H2,1-5H3,(H,36,39)/t29-/m0/s1. The largest absolute Gasteiger partial charge is 0.345 e. The molecule has 7 heteroatoms. The molecule has 0 aliphatic heterocycles. The van der Waals surface area contributed by atoms with Gasteiger partial charge in [0.05, 0.1) is 23.0 Å². The Kier molecular flexibility index (Phi) is 7.65. The number of hydrogen-bond donors (Lipinski definition) is 1. The first-order valence-corrected chi connectivity index (χ1v) is 13.7. The molecule has 0 bridgehead atoms. The third kappa shape index (κ3) is 5.19. The van der Waals surface area contributed by atoms with Crippen molar-refractivity contribution in [3.63, 3.8) is 0 Å². The summed E-state index contributed by atoms with van der Waals surface area (Å²) in [5, 5.41) is 4.22. The number of benzene rings is 3. The van der Waals surface area contributed by atoms with E-state index < -0.39 is 6.04 Å². The molecular weight excluding hydrogens is 498 g/mol. The molecule has 3 aromatic carbocycles. The molecular formula is C33H35N5O2. The molecule has 0 spiro atoms. The van der Waals surface area contributed by atoms with Gasteiger partial charge in [-0.3, -0.25) is 19.6 Å². The highest BCUT2D eigenvalue weighted by atomic mass is 16.2. The molecule has 0 radical (unpaired) electrons. The van der Waals surface area contributed by atoms with Crippen LogP contribution in [0.3, 0.4) is 0 Å². The molecule has 2 heterocycles. The molecule has 1 atom stereocenters. The van der Waals surface area contributed by atoms with Gasteiger partial charge < -0.3 is 14.8 Å². The van der Waals surface area contributed by atoms with Gasteiger partial charge in [0, 0.05) is 49.2 Å². The van der Waals surface area contributed by atoms with Gasteiger partial charge in [0.1, 0.15) is 6.04 Å². The predicted octanol–water partition coefficient (Wildman–Crippen LogP) is 5.46. The van der Waals surface area contributed by atoms with Crippen molar-refractivity contribution < 1.29 is 9.59 Å². The Morgan fingerprint density at radius 3 is 2.35 bits per heavy atom. The summed E-state index contributed by atoms with van der Waals surface area (Å²) in [5.74, 6) is -0.369. The van der Waals surface area contributed by atoms with Gasteiger partial charge in [-0.05, 0) is 68.1 Å². The zero-order valence-electron chi connectivity index (χ0n) is 23.7. The molecule has 2 aromatic heterocycles. The minimum Gasteiger partial charge on any atom is -0.345 e. The maximum atomic E-state index is 13.9. The maximum absolute atomic E-state index is 13.9. The van der Waals surface area contributed by atoms with Crippen LogP contribution >= 0.6 is 0 Å². The lowest BCUT2D eigenvalue weighted by molar-refractivity contribution is -0.127. The van der Waals surface area contributed by atoms with Gasteiger partial charge in [-0.2, -0.15) is 0 Å². The zero-order valence-corrected chi connectivity index (χ0v) is 23.7. The molecule has 0 unspecified atom stereocenters. The van der Waals surface area contributed by atoms with Gasteiger partial charge in [0.15, 0.2) is 0 Å². The van der Waals surface area contributed by atoms with Crippen molar-refractivity contribution in [3.05, 3.63) is 101 Å². The second-order valence-corrected chi connectivity index (χ2v) is 10.3. The number of anilines is 1. The molecule has 40 heavy (non-hydrogen) atoms. The van der Waals surface area contributed by atoms with E-state index in [0.29, 0.717) is 17.6 Å². The summed E-state index contributed by atoms with van der Waals surface area (Å²) in [4.78, 5) is 37.8. The molecule has 1 N–H and O–H groups in total. The van der Waals surface area contributed by atoms with Crippen molar-refractivity contribution in [2.24, 2.45) is 0 Å². The highest BCUT2D eigenvalue weighted by Gasteiger charge is 2.27. The van der Waals surface area contributed by atoms with E-state index in [1.165, 1.54) is 11.1 Å². The average molecular weight is 534 g/mol. The van der Waals surface area contributed by atoms with Crippen LogP contribution in [0.25, 0.3) is 21.9 Å². The maximum Gasteiger partial charge on any atom is 0.249 e. The zero-order chi connectivity index (χ0) is 28.4. The molecule has 0 fully saturated rings. The van der Waals surface area contributed by atoms with Crippen molar-refractivity contribution in [1.29, 1.82) is 0 Å². The van der Waals surface area contributed by atoms with Crippen LogP contribution in [0.5, 0.6) is 0 Å². The smallest absolute Gasteiger partial charge is 0.249 e. The van der Waals surface area contributed by atoms with Crippen molar-refractivity contribution >= 4 is 39.4 Å². The molecule has 5 rings (SSSR count). The number of rotatable bonds is 8. The van der Waals surface area contributed by atoms with E-state index in [9.17, 15) is 9.59 Å². The van der Waals surface area contributed by atoms with Crippen molar-refractivity contribution in [2.45, 2.75) is 53.1 Å². The summed E-state index contributed by atoms with van der Waals surface area (Å²) in [6.07, 6.45) is 3.86. The number of hydrogen-bond acceptors (Lipinski definition) is 4. The van der Waals surface area contributed by atoms with Crippen LogP contribution in [0.15, 0.2) is 73.1 Å². The van der Waals surface area contributed by atoms with Crippen LogP contribution in [-0.2, 0) is 29.0 Å². The Hall–Kier alpha value is -4.52. The second-order valence-electron chi connectivity index (χ2n) is 10.3. The molecule has 0 aliphatic carbocycles. The van der Waals surface area contributed by atoms with Gasteiger partial charge in [0.2, 0.25) is 11.8 Å². The number of carbonyl (C=O) groups excluding carboxylic acids is 2. The van der Waals surface area contributed by atoms with Gasteiger partial charge in [-0.25, -0.2) is 0 Å². The lowest BCUT2D eigenvalue weighted by Crippen LogP contribution is -2.49. The van der Waals surface area contributed by atoms with Gasteiger partial charge in [0.25, 0.3) is 0 Å². The van der Waals surface area contributed by atoms with Crippen LogP contribution in [0, 0.1) is 20.8 Å². The van der Waals surface area contributed by atoms with Crippen LogP contribution in [0.4, 0.5) is 5.69 Å². The van der Waals surface area contributed by atoms with Crippen molar-refractivity contribution in [1.82, 2.24) is 19.9 Å². The monoisotopic (exact) mass is 533 g/mol. The molecule has 204 valence electrons. The molecule has 5 aromatic rings. The van der Waals surface area contributed by atoms with Crippen LogP contribution in [-0.4, -0.2) is 39.4 Å². The highest BCUT2D eigenvalue weighted by molar-refractivity contribution is 6.01. The molecule has 0 saturated heterocycles. The Labute approximate surface area is 234 Å². The fourth-order valence-corrected chi connectivity index (χ4v) is 5.63. The average Bonchev–Trinajstić information content (AvgIpc) is 3.25. The Morgan fingerprint density at radius 2 is 1.62 bits per heavy atom. The Morgan fingerprint density at radius 1 is 0.925 bits per heavy atom. The summed E-state index contributed by atoms with van der Waals surface area (Å²) in [6.45, 7) is 9.23. The first kappa shape index (κ1) is 27.1. The summed E-state index contributed by atoms with van der Waals surface area (Å²) >= 11 is 0. The fraction of sp³-hybridized carbons (Fsp3) is 0.273. The van der Waals surface area contributed by atoms with Gasteiger partial charge in [-0.1, -0.05) is 42.5 Å². The lowest BCUT2D eigenvalue weighted by atomic mass is 10.00. The Bertz CT molecular complexity index is 1710. The van der Waals surface area contributed by atoms with E-state index in [1.807, 2.05) is 48.5 Å². The van der Waals surface area contributed by atoms with Crippen molar-refractivity contribution in [3.8, 4) is 0 Å². The third-order valence-corrected chi connectivity index (χ3v) is 7.74. The molecule has 7 nitrogen and oxygen atoms in total. The first-order valence-electron chi connectivity index (χ1n) is 13.7. The van der Waals surface area contributed by atoms with Gasteiger partial charge >= 0.3 is 0 Å². The topological polar surface area (TPSA) is 80.1 Å². The van der Waals surface area contributed by atoms with Crippen LogP contribution in [0.2, 0.25) is 0 Å². The van der Waals surface area contributed by atoms with E-state index in [4.69, 9.17) is 0 Å². The van der Waals surface area contributed by atoms with E-state index in [0.717, 1.165) is 39.8 Å². The van der Waals surface area contributed by atoms with Crippen LogP contribution < -0.4 is 10.2 Å². The summed E-state index contributed by atoms with van der Waals surface area (Å²) in [7, 11) is 1.73. The van der Waals surface area contributed by atoms with E-state index >= 15 is 0 Å². The number of amides is 2. The third-order valence-electron chi connectivity index (χ3n) is 7.74.